The van der Waals surface area contributed by atoms with Gasteiger partial charge in [0.25, 0.3) is 0 Å². The predicted octanol–water partition coefficient (Wildman–Crippen LogP) is -0.509. The van der Waals surface area contributed by atoms with Gasteiger partial charge in [0.15, 0.2) is 18.0 Å². The van der Waals surface area contributed by atoms with Crippen LogP contribution in [-0.2, 0) is 14.3 Å². The van der Waals surface area contributed by atoms with Crippen LogP contribution in [0.15, 0.2) is 41.9 Å². The summed E-state index contributed by atoms with van der Waals surface area (Å²) >= 11 is 0. The molecule has 0 saturated heterocycles. The zero-order valence-electron chi connectivity index (χ0n) is 12.2. The van der Waals surface area contributed by atoms with Gasteiger partial charge in [-0.2, -0.15) is 0 Å². The Kier molecular flexibility index (Phi) is 5.80. The van der Waals surface area contributed by atoms with Crippen LogP contribution in [0.3, 0.4) is 0 Å². The summed E-state index contributed by atoms with van der Waals surface area (Å²) < 4.78 is 15.5. The number of carbonyl (C=O) groups excluding carboxylic acids is 1. The van der Waals surface area contributed by atoms with Crippen molar-refractivity contribution in [1.29, 1.82) is 0 Å². The van der Waals surface area contributed by atoms with E-state index in [1.54, 1.807) is 24.3 Å². The lowest BCUT2D eigenvalue weighted by molar-refractivity contribution is -0.148. The first kappa shape index (κ1) is 17.1. The quantitative estimate of drug-likeness (QED) is 0.471. The van der Waals surface area contributed by atoms with Crippen molar-refractivity contribution in [3.63, 3.8) is 0 Å². The van der Waals surface area contributed by atoms with E-state index in [1.807, 2.05) is 6.07 Å². The van der Waals surface area contributed by atoms with Crippen LogP contribution in [0, 0.1) is 0 Å². The molecule has 1 aliphatic rings. The summed E-state index contributed by atoms with van der Waals surface area (Å²) in [4.78, 5) is 11.3. The van der Waals surface area contributed by atoms with Gasteiger partial charge in [-0.1, -0.05) is 18.2 Å². The molecule has 0 bridgehead atoms. The van der Waals surface area contributed by atoms with Gasteiger partial charge in [-0.25, -0.2) is 4.79 Å². The molecular weight excluding hydrogens is 308 g/mol. The molecule has 1 aliphatic heterocycles. The van der Waals surface area contributed by atoms with Gasteiger partial charge in [0, 0.05) is 0 Å². The highest BCUT2D eigenvalue weighted by Gasteiger charge is 2.40. The molecule has 3 atom stereocenters. The Bertz CT molecular complexity index is 556. The monoisotopic (exact) mass is 326 g/mol. The molecular formula is C15H18O8. The van der Waals surface area contributed by atoms with Crippen LogP contribution < -0.4 is 4.74 Å². The normalized spacial score (nSPS) is 20.1. The first-order valence-corrected chi connectivity index (χ1v) is 6.95. The molecule has 0 radical (unpaired) electrons. The number of ether oxygens (including phenoxy) is 3. The average molecular weight is 326 g/mol. The molecule has 8 heteroatoms. The van der Waals surface area contributed by atoms with Gasteiger partial charge in [-0.3, -0.25) is 0 Å². The zero-order chi connectivity index (χ0) is 16.8. The number of cyclic esters (lactones) is 1. The lowest BCUT2D eigenvalue weighted by atomic mass is 10.2. The number of hydrogen-bond acceptors (Lipinski definition) is 8. The molecule has 126 valence electrons. The van der Waals surface area contributed by atoms with Crippen LogP contribution in [0.2, 0.25) is 0 Å². The Labute approximate surface area is 132 Å². The second kappa shape index (κ2) is 7.82. The molecule has 0 fully saturated rings. The molecule has 8 nitrogen and oxygen atoms in total. The SMILES string of the molecule is O=C1O[C@H]([C@@H](O)CO)C(OCC(CO)Oc2ccccc2)=C1O. The van der Waals surface area contributed by atoms with E-state index in [4.69, 9.17) is 19.3 Å². The molecule has 0 amide bonds. The van der Waals surface area contributed by atoms with E-state index in [2.05, 4.69) is 0 Å². The smallest absolute Gasteiger partial charge is 0.378 e. The molecule has 2 rings (SSSR count). The van der Waals surface area contributed by atoms with E-state index < -0.39 is 36.6 Å². The van der Waals surface area contributed by atoms with Crippen molar-refractivity contribution in [2.24, 2.45) is 0 Å². The minimum absolute atomic E-state index is 0.198. The number of para-hydroxylation sites is 1. The highest BCUT2D eigenvalue weighted by Crippen LogP contribution is 2.25. The number of esters is 1. The van der Waals surface area contributed by atoms with Gasteiger partial charge in [0.2, 0.25) is 5.76 Å². The van der Waals surface area contributed by atoms with Crippen LogP contribution in [0.4, 0.5) is 0 Å². The number of carbonyl (C=O) groups is 1. The largest absolute Gasteiger partial charge is 0.499 e. The summed E-state index contributed by atoms with van der Waals surface area (Å²) in [7, 11) is 0. The van der Waals surface area contributed by atoms with Crippen LogP contribution >= 0.6 is 0 Å². The van der Waals surface area contributed by atoms with Crippen molar-refractivity contribution < 1.29 is 39.4 Å². The molecule has 1 aromatic rings. The highest BCUT2D eigenvalue weighted by atomic mass is 16.6. The Morgan fingerprint density at radius 3 is 2.48 bits per heavy atom. The number of benzene rings is 1. The maximum absolute atomic E-state index is 11.3. The molecule has 1 unspecified atom stereocenters. The van der Waals surface area contributed by atoms with Crippen LogP contribution in [0.5, 0.6) is 5.75 Å². The summed E-state index contributed by atoms with van der Waals surface area (Å²) in [5.74, 6) is -1.62. The Morgan fingerprint density at radius 2 is 1.87 bits per heavy atom. The van der Waals surface area contributed by atoms with Gasteiger partial charge in [0.1, 0.15) is 18.5 Å². The van der Waals surface area contributed by atoms with Crippen LogP contribution in [0.25, 0.3) is 0 Å². The van der Waals surface area contributed by atoms with E-state index in [1.165, 1.54) is 0 Å². The fourth-order valence-corrected chi connectivity index (χ4v) is 1.96. The van der Waals surface area contributed by atoms with E-state index in [0.29, 0.717) is 5.75 Å². The minimum Gasteiger partial charge on any atom is -0.499 e. The van der Waals surface area contributed by atoms with Crippen LogP contribution in [-0.4, -0.2) is 64.5 Å². The molecule has 4 N–H and O–H groups in total. The Morgan fingerprint density at radius 1 is 1.17 bits per heavy atom. The van der Waals surface area contributed by atoms with E-state index in [9.17, 15) is 20.1 Å². The number of aliphatic hydroxyl groups excluding tert-OH is 4. The summed E-state index contributed by atoms with van der Waals surface area (Å²) in [6, 6.07) is 8.72. The first-order valence-electron chi connectivity index (χ1n) is 6.95. The molecule has 1 aromatic carbocycles. The van der Waals surface area contributed by atoms with Gasteiger partial charge < -0.3 is 34.6 Å². The number of rotatable bonds is 8. The number of aliphatic hydroxyl groups is 4. The molecule has 0 aliphatic carbocycles. The third kappa shape index (κ3) is 4.13. The molecule has 0 spiro atoms. The average Bonchev–Trinajstić information content (AvgIpc) is 2.86. The first-order chi connectivity index (χ1) is 11.1. The minimum atomic E-state index is -1.43. The maximum Gasteiger partial charge on any atom is 0.378 e. The van der Waals surface area contributed by atoms with Crippen molar-refractivity contribution in [2.75, 3.05) is 19.8 Å². The highest BCUT2D eigenvalue weighted by molar-refractivity contribution is 5.89. The summed E-state index contributed by atoms with van der Waals surface area (Å²) in [5, 5.41) is 37.5. The fourth-order valence-electron chi connectivity index (χ4n) is 1.96. The third-order valence-corrected chi connectivity index (χ3v) is 3.13. The second-order valence-electron chi connectivity index (χ2n) is 4.84. The van der Waals surface area contributed by atoms with Crippen LogP contribution in [0.1, 0.15) is 0 Å². The van der Waals surface area contributed by atoms with Crippen molar-refractivity contribution in [2.45, 2.75) is 18.3 Å². The van der Waals surface area contributed by atoms with Gasteiger partial charge >= 0.3 is 5.97 Å². The van der Waals surface area contributed by atoms with Gasteiger partial charge in [-0.05, 0) is 12.1 Å². The van der Waals surface area contributed by atoms with Crippen molar-refractivity contribution in [3.05, 3.63) is 41.9 Å². The lowest BCUT2D eigenvalue weighted by Crippen LogP contribution is -2.34. The topological polar surface area (TPSA) is 126 Å². The van der Waals surface area contributed by atoms with Gasteiger partial charge in [-0.15, -0.1) is 0 Å². The maximum atomic E-state index is 11.3. The Balaban J connectivity index is 2.00. The molecule has 0 aromatic heterocycles. The van der Waals surface area contributed by atoms with Gasteiger partial charge in [0.05, 0.1) is 13.2 Å². The van der Waals surface area contributed by atoms with Crippen molar-refractivity contribution >= 4 is 5.97 Å². The molecule has 23 heavy (non-hydrogen) atoms. The fraction of sp³-hybridized carbons (Fsp3) is 0.400. The molecule has 0 saturated carbocycles. The standard InChI is InChI=1S/C15H18O8/c16-6-10(22-9-4-2-1-3-5-9)8-21-14-12(19)15(20)23-13(14)11(18)7-17/h1-5,10-11,13,16-19H,6-8H2/t10?,11-,13+/m0/s1. The predicted molar refractivity (Wildman–Crippen MR) is 76.5 cm³/mol. The zero-order valence-corrected chi connectivity index (χ0v) is 12.2. The van der Waals surface area contributed by atoms with Crippen molar-refractivity contribution in [3.8, 4) is 5.75 Å². The van der Waals surface area contributed by atoms with Crippen molar-refractivity contribution in [1.82, 2.24) is 0 Å². The summed E-state index contributed by atoms with van der Waals surface area (Å²) in [5.41, 5.74) is 0. The Hall–Kier alpha value is -2.29. The summed E-state index contributed by atoms with van der Waals surface area (Å²) in [6.45, 7) is -1.25. The van der Waals surface area contributed by atoms with E-state index >= 15 is 0 Å². The number of hydrogen-bond donors (Lipinski definition) is 4. The third-order valence-electron chi connectivity index (χ3n) is 3.13. The molecule has 1 heterocycles. The lowest BCUT2D eigenvalue weighted by Gasteiger charge is -2.21. The second-order valence-corrected chi connectivity index (χ2v) is 4.84. The van der Waals surface area contributed by atoms with E-state index in [0.717, 1.165) is 0 Å². The van der Waals surface area contributed by atoms with E-state index in [-0.39, 0.29) is 19.0 Å². The summed E-state index contributed by atoms with van der Waals surface area (Å²) in [6.07, 6.45) is -3.50.